The number of halogens is 1. The number of nitro groups is 1. The van der Waals surface area contributed by atoms with Gasteiger partial charge < -0.3 is 5.32 Å². The summed E-state index contributed by atoms with van der Waals surface area (Å²) in [5.74, 6) is -0.473. The number of nitro benzene ring substituents is 1. The Kier molecular flexibility index (Phi) is 4.64. The summed E-state index contributed by atoms with van der Waals surface area (Å²) in [5, 5.41) is 23.3. The first-order chi connectivity index (χ1) is 12.7. The van der Waals surface area contributed by atoms with Crippen molar-refractivity contribution in [2.75, 3.05) is 5.32 Å². The molecule has 3 rings (SSSR count). The van der Waals surface area contributed by atoms with Gasteiger partial charge in [-0.2, -0.15) is 5.10 Å². The molecule has 0 aliphatic heterocycles. The number of nitrogens with zero attached hydrogens (tertiary/aromatic N) is 3. The van der Waals surface area contributed by atoms with Gasteiger partial charge in [-0.05, 0) is 31.2 Å². The fourth-order valence-electron chi connectivity index (χ4n) is 2.49. The van der Waals surface area contributed by atoms with E-state index in [0.717, 1.165) is 12.1 Å². The molecule has 0 saturated carbocycles. The van der Waals surface area contributed by atoms with Crippen LogP contribution in [0.4, 0.5) is 21.5 Å². The van der Waals surface area contributed by atoms with E-state index in [0.29, 0.717) is 11.4 Å². The number of benzene rings is 2. The highest BCUT2D eigenvalue weighted by atomic mass is 32.2. The largest absolute Gasteiger partial charge is 0.347 e. The van der Waals surface area contributed by atoms with E-state index < -0.39 is 26.5 Å². The van der Waals surface area contributed by atoms with Crippen LogP contribution in [0.3, 0.4) is 0 Å². The Labute approximate surface area is 153 Å². The Hall–Kier alpha value is -3.31. The van der Waals surface area contributed by atoms with Crippen molar-refractivity contribution in [1.29, 1.82) is 0 Å². The zero-order chi connectivity index (χ0) is 19.8. The van der Waals surface area contributed by atoms with Crippen LogP contribution in [0.5, 0.6) is 0 Å². The Balaban J connectivity index is 2.02. The van der Waals surface area contributed by atoms with Crippen LogP contribution >= 0.6 is 0 Å². The molecule has 140 valence electrons. The summed E-state index contributed by atoms with van der Waals surface area (Å²) in [6.07, 6.45) is 1.39. The lowest BCUT2D eigenvalue weighted by Crippen LogP contribution is -2.12. The van der Waals surface area contributed by atoms with Gasteiger partial charge in [0, 0.05) is 6.07 Å². The van der Waals surface area contributed by atoms with Crippen LogP contribution in [0, 0.1) is 22.9 Å². The minimum Gasteiger partial charge on any atom is -0.347 e. The maximum absolute atomic E-state index is 14.0. The van der Waals surface area contributed by atoms with E-state index in [9.17, 15) is 22.9 Å². The standard InChI is InChI=1S/C16H14FN5O4S/c1-10-14(9-19-21(10)15-5-3-2-4-12(15)17)20-13-7-6-11(27(18,25)26)8-16(13)22(23)24/h2-9,20H,1H3,(H2,18,25,26). The Bertz CT molecular complexity index is 1140. The number of hydrogen-bond donors (Lipinski definition) is 2. The van der Waals surface area contributed by atoms with Gasteiger partial charge >= 0.3 is 0 Å². The maximum atomic E-state index is 14.0. The zero-order valence-corrected chi connectivity index (χ0v) is 14.8. The summed E-state index contributed by atoms with van der Waals surface area (Å²) in [4.78, 5) is 10.2. The molecule has 9 nitrogen and oxygen atoms in total. The summed E-state index contributed by atoms with van der Waals surface area (Å²) in [7, 11) is -4.08. The fourth-order valence-corrected chi connectivity index (χ4v) is 3.02. The molecule has 1 aromatic heterocycles. The smallest absolute Gasteiger partial charge is 0.294 e. The Morgan fingerprint density at radius 1 is 1.22 bits per heavy atom. The number of anilines is 2. The van der Waals surface area contributed by atoms with Crippen molar-refractivity contribution < 1.29 is 17.7 Å². The van der Waals surface area contributed by atoms with Crippen LogP contribution in [0.2, 0.25) is 0 Å². The quantitative estimate of drug-likeness (QED) is 0.507. The molecule has 3 N–H and O–H groups in total. The molecule has 0 unspecified atom stereocenters. The molecular weight excluding hydrogens is 377 g/mol. The van der Waals surface area contributed by atoms with Gasteiger partial charge in [0.2, 0.25) is 10.0 Å². The molecule has 0 amide bonds. The van der Waals surface area contributed by atoms with Gasteiger partial charge in [-0.15, -0.1) is 0 Å². The first kappa shape index (κ1) is 18.5. The molecule has 0 radical (unpaired) electrons. The molecule has 0 bridgehead atoms. The lowest BCUT2D eigenvalue weighted by atomic mass is 10.2. The molecule has 11 heteroatoms. The molecule has 0 aliphatic carbocycles. The summed E-state index contributed by atoms with van der Waals surface area (Å²) in [6, 6.07) is 9.30. The number of aromatic nitrogens is 2. The number of sulfonamides is 1. The van der Waals surface area contributed by atoms with Crippen molar-refractivity contribution in [3.8, 4) is 5.69 Å². The summed E-state index contributed by atoms with van der Waals surface area (Å²) < 4.78 is 38.1. The Morgan fingerprint density at radius 2 is 1.93 bits per heavy atom. The predicted molar refractivity (Wildman–Crippen MR) is 96.0 cm³/mol. The zero-order valence-electron chi connectivity index (χ0n) is 14.0. The van der Waals surface area contributed by atoms with E-state index in [-0.39, 0.29) is 16.3 Å². The number of rotatable bonds is 5. The van der Waals surface area contributed by atoms with Crippen LogP contribution in [0.25, 0.3) is 5.69 Å². The second kappa shape index (κ2) is 6.78. The van der Waals surface area contributed by atoms with Gasteiger partial charge in [0.05, 0.1) is 27.4 Å². The highest BCUT2D eigenvalue weighted by Crippen LogP contribution is 2.31. The van der Waals surface area contributed by atoms with Gasteiger partial charge in [0.15, 0.2) is 0 Å². The van der Waals surface area contributed by atoms with E-state index in [4.69, 9.17) is 5.14 Å². The van der Waals surface area contributed by atoms with Crippen molar-refractivity contribution in [3.05, 3.63) is 70.3 Å². The average molecular weight is 391 g/mol. The van der Waals surface area contributed by atoms with E-state index >= 15 is 0 Å². The lowest BCUT2D eigenvalue weighted by Gasteiger charge is -2.09. The number of nitrogens with two attached hydrogens (primary N) is 1. The molecule has 0 aliphatic rings. The van der Waals surface area contributed by atoms with Crippen molar-refractivity contribution in [3.63, 3.8) is 0 Å². The first-order valence-electron chi connectivity index (χ1n) is 7.56. The minimum absolute atomic E-state index is 0.0450. The van der Waals surface area contributed by atoms with E-state index in [1.54, 1.807) is 25.1 Å². The van der Waals surface area contributed by atoms with Gasteiger partial charge in [0.1, 0.15) is 17.2 Å². The molecule has 0 fully saturated rings. The molecule has 0 atom stereocenters. The summed E-state index contributed by atoms with van der Waals surface area (Å²) in [5.41, 5.74) is 0.694. The van der Waals surface area contributed by atoms with Crippen molar-refractivity contribution >= 4 is 27.1 Å². The summed E-state index contributed by atoms with van der Waals surface area (Å²) in [6.45, 7) is 1.66. The van der Waals surface area contributed by atoms with Gasteiger partial charge in [0.25, 0.3) is 5.69 Å². The van der Waals surface area contributed by atoms with Crippen molar-refractivity contribution in [2.24, 2.45) is 5.14 Å². The molecule has 0 saturated heterocycles. The summed E-state index contributed by atoms with van der Waals surface area (Å²) >= 11 is 0. The second-order valence-corrected chi connectivity index (χ2v) is 7.17. The molecule has 0 spiro atoms. The van der Waals surface area contributed by atoms with Crippen LogP contribution in [0.15, 0.2) is 53.6 Å². The van der Waals surface area contributed by atoms with E-state index in [1.165, 1.54) is 23.0 Å². The topological polar surface area (TPSA) is 133 Å². The fraction of sp³-hybridized carbons (Fsp3) is 0.0625. The van der Waals surface area contributed by atoms with Gasteiger partial charge in [-0.3, -0.25) is 10.1 Å². The second-order valence-electron chi connectivity index (χ2n) is 5.61. The van der Waals surface area contributed by atoms with Crippen molar-refractivity contribution in [1.82, 2.24) is 9.78 Å². The van der Waals surface area contributed by atoms with Gasteiger partial charge in [-0.1, -0.05) is 12.1 Å². The third-order valence-corrected chi connectivity index (χ3v) is 4.77. The maximum Gasteiger partial charge on any atom is 0.294 e. The van der Waals surface area contributed by atoms with Crippen LogP contribution < -0.4 is 10.5 Å². The number of nitrogens with one attached hydrogen (secondary N) is 1. The third kappa shape index (κ3) is 3.64. The average Bonchev–Trinajstić information content (AvgIpc) is 2.95. The highest BCUT2D eigenvalue weighted by Gasteiger charge is 2.20. The van der Waals surface area contributed by atoms with Crippen molar-refractivity contribution in [2.45, 2.75) is 11.8 Å². The van der Waals surface area contributed by atoms with E-state index in [2.05, 4.69) is 10.4 Å². The predicted octanol–water partition coefficient (Wildman–Crippen LogP) is 2.62. The number of para-hydroxylation sites is 1. The van der Waals surface area contributed by atoms with Crippen LogP contribution in [-0.4, -0.2) is 23.1 Å². The highest BCUT2D eigenvalue weighted by molar-refractivity contribution is 7.89. The van der Waals surface area contributed by atoms with Crippen LogP contribution in [-0.2, 0) is 10.0 Å². The number of hydrogen-bond acceptors (Lipinski definition) is 6. The molecule has 2 aromatic carbocycles. The Morgan fingerprint density at radius 3 is 2.56 bits per heavy atom. The minimum atomic E-state index is -4.08. The molecule has 3 aromatic rings. The first-order valence-corrected chi connectivity index (χ1v) is 9.11. The van der Waals surface area contributed by atoms with Crippen LogP contribution in [0.1, 0.15) is 5.69 Å². The number of primary sulfonamides is 1. The van der Waals surface area contributed by atoms with E-state index in [1.807, 2.05) is 0 Å². The molecular formula is C16H14FN5O4S. The van der Waals surface area contributed by atoms with Gasteiger partial charge in [-0.25, -0.2) is 22.6 Å². The molecule has 1 heterocycles. The monoisotopic (exact) mass is 391 g/mol. The molecule has 27 heavy (non-hydrogen) atoms. The third-order valence-electron chi connectivity index (χ3n) is 3.85. The SMILES string of the molecule is Cc1c(Nc2ccc(S(N)(=O)=O)cc2[N+](=O)[O-])cnn1-c1ccccc1F. The normalized spacial score (nSPS) is 11.4. The lowest BCUT2D eigenvalue weighted by molar-refractivity contribution is -0.384.